The van der Waals surface area contributed by atoms with Gasteiger partial charge in [0.1, 0.15) is 5.82 Å². The van der Waals surface area contributed by atoms with E-state index in [4.69, 9.17) is 0 Å². The van der Waals surface area contributed by atoms with Crippen LogP contribution in [-0.4, -0.2) is 40.3 Å². The summed E-state index contributed by atoms with van der Waals surface area (Å²) in [4.78, 5) is 19.0. The van der Waals surface area contributed by atoms with Gasteiger partial charge in [0.25, 0.3) is 0 Å². The Hall–Kier alpha value is -1.69. The quantitative estimate of drug-likeness (QED) is 0.745. The van der Waals surface area contributed by atoms with E-state index in [0.717, 1.165) is 19.3 Å². The fourth-order valence-electron chi connectivity index (χ4n) is 1.66. The van der Waals surface area contributed by atoms with Crippen LogP contribution in [0.25, 0.3) is 0 Å². The molecule has 0 bridgehead atoms. The van der Waals surface area contributed by atoms with Gasteiger partial charge in [-0.15, -0.1) is 0 Å². The molecule has 6 nitrogen and oxygen atoms in total. The third kappa shape index (κ3) is 2.71. The zero-order chi connectivity index (χ0) is 12.3. The van der Waals surface area contributed by atoms with Crippen LogP contribution in [-0.2, 0) is 4.74 Å². The molecule has 0 spiro atoms. The molecule has 0 aliphatic heterocycles. The first-order valence-electron chi connectivity index (χ1n) is 5.51. The third-order valence-electron chi connectivity index (χ3n) is 2.91. The molecule has 0 atom stereocenters. The van der Waals surface area contributed by atoms with Gasteiger partial charge in [0, 0.05) is 12.7 Å². The molecule has 6 heteroatoms. The van der Waals surface area contributed by atoms with Gasteiger partial charge in [0.05, 0.1) is 12.7 Å². The monoisotopic (exact) mass is 237 g/mol. The first-order valence-corrected chi connectivity index (χ1v) is 5.51. The van der Waals surface area contributed by atoms with Gasteiger partial charge in [0.15, 0.2) is 0 Å². The van der Waals surface area contributed by atoms with Crippen molar-refractivity contribution in [2.24, 2.45) is 0 Å². The number of methoxy groups -OCH3 is 1. The maximum Gasteiger partial charge on any atom is 0.376 e. The molecule has 1 aliphatic rings. The predicted octanol–water partition coefficient (Wildman–Crippen LogP) is 0.590. The molecule has 92 valence electrons. The molecule has 1 saturated carbocycles. The Balaban J connectivity index is 1.98. The van der Waals surface area contributed by atoms with Crippen molar-refractivity contribution in [3.63, 3.8) is 0 Å². The normalized spacial score (nSPS) is 17.1. The number of aliphatic hydroxyl groups is 1. The van der Waals surface area contributed by atoms with E-state index in [1.165, 1.54) is 13.3 Å². The summed E-state index contributed by atoms with van der Waals surface area (Å²) < 4.78 is 4.53. The van der Waals surface area contributed by atoms with Gasteiger partial charge in [-0.2, -0.15) is 0 Å². The van der Waals surface area contributed by atoms with Crippen LogP contribution in [0.1, 0.15) is 29.9 Å². The van der Waals surface area contributed by atoms with Crippen molar-refractivity contribution >= 4 is 11.8 Å². The SMILES string of the molecule is COC(=O)c1nccc(NCC2(O)CCC2)n1. The van der Waals surface area contributed by atoms with E-state index in [9.17, 15) is 9.90 Å². The van der Waals surface area contributed by atoms with E-state index in [-0.39, 0.29) is 5.82 Å². The molecule has 0 amide bonds. The van der Waals surface area contributed by atoms with E-state index < -0.39 is 11.6 Å². The van der Waals surface area contributed by atoms with Crippen LogP contribution >= 0.6 is 0 Å². The number of aromatic nitrogens is 2. The summed E-state index contributed by atoms with van der Waals surface area (Å²) in [5, 5.41) is 12.9. The summed E-state index contributed by atoms with van der Waals surface area (Å²) >= 11 is 0. The average Bonchev–Trinajstić information content (AvgIpc) is 2.33. The highest BCUT2D eigenvalue weighted by molar-refractivity contribution is 5.85. The highest BCUT2D eigenvalue weighted by Gasteiger charge is 2.34. The molecular formula is C11H15N3O3. The van der Waals surface area contributed by atoms with Gasteiger partial charge in [-0.1, -0.05) is 0 Å². The molecule has 1 aromatic heterocycles. The number of carbonyl (C=O) groups is 1. The minimum Gasteiger partial charge on any atom is -0.463 e. The molecule has 0 aromatic carbocycles. The second kappa shape index (κ2) is 4.67. The van der Waals surface area contributed by atoms with Gasteiger partial charge in [-0.3, -0.25) is 0 Å². The molecular weight excluding hydrogens is 222 g/mol. The van der Waals surface area contributed by atoms with E-state index in [2.05, 4.69) is 20.0 Å². The number of nitrogens with zero attached hydrogens (tertiary/aromatic N) is 2. The summed E-state index contributed by atoms with van der Waals surface area (Å²) in [6.45, 7) is 0.435. The lowest BCUT2D eigenvalue weighted by atomic mass is 9.80. The maximum absolute atomic E-state index is 11.2. The molecule has 1 aromatic rings. The maximum atomic E-state index is 11.2. The van der Waals surface area contributed by atoms with Crippen molar-refractivity contribution in [1.29, 1.82) is 0 Å². The van der Waals surface area contributed by atoms with Gasteiger partial charge in [-0.25, -0.2) is 14.8 Å². The zero-order valence-electron chi connectivity index (χ0n) is 9.64. The minimum atomic E-state index is -0.629. The van der Waals surface area contributed by atoms with Crippen molar-refractivity contribution in [2.75, 3.05) is 19.0 Å². The fraction of sp³-hybridized carbons (Fsp3) is 0.545. The topological polar surface area (TPSA) is 84.3 Å². The third-order valence-corrected chi connectivity index (χ3v) is 2.91. The van der Waals surface area contributed by atoms with Crippen LogP contribution in [0.4, 0.5) is 5.82 Å². The largest absolute Gasteiger partial charge is 0.463 e. The first-order chi connectivity index (χ1) is 8.13. The Morgan fingerprint density at radius 1 is 1.65 bits per heavy atom. The zero-order valence-corrected chi connectivity index (χ0v) is 9.64. The number of hydrogen-bond acceptors (Lipinski definition) is 6. The summed E-state index contributed by atoms with van der Waals surface area (Å²) in [6.07, 6.45) is 4.13. The summed E-state index contributed by atoms with van der Waals surface area (Å²) in [6, 6.07) is 1.65. The average molecular weight is 237 g/mol. The number of nitrogens with one attached hydrogen (secondary N) is 1. The molecule has 1 aliphatic carbocycles. The second-order valence-corrected chi connectivity index (χ2v) is 4.19. The minimum absolute atomic E-state index is 0.0121. The van der Waals surface area contributed by atoms with Crippen molar-refractivity contribution in [3.8, 4) is 0 Å². The van der Waals surface area contributed by atoms with Crippen LogP contribution in [0.5, 0.6) is 0 Å². The number of anilines is 1. The Morgan fingerprint density at radius 2 is 2.41 bits per heavy atom. The van der Waals surface area contributed by atoms with Crippen LogP contribution in [0.2, 0.25) is 0 Å². The molecule has 2 N–H and O–H groups in total. The molecule has 1 heterocycles. The highest BCUT2D eigenvalue weighted by atomic mass is 16.5. The van der Waals surface area contributed by atoms with E-state index in [0.29, 0.717) is 12.4 Å². The number of ether oxygens (including phenoxy) is 1. The van der Waals surface area contributed by atoms with Crippen molar-refractivity contribution in [1.82, 2.24) is 9.97 Å². The van der Waals surface area contributed by atoms with Gasteiger partial charge in [-0.05, 0) is 25.3 Å². The van der Waals surface area contributed by atoms with Gasteiger partial charge < -0.3 is 15.2 Å². The van der Waals surface area contributed by atoms with E-state index in [1.54, 1.807) is 6.07 Å². The van der Waals surface area contributed by atoms with Gasteiger partial charge >= 0.3 is 5.97 Å². The molecule has 0 saturated heterocycles. The Labute approximate surface area is 99.0 Å². The molecule has 2 rings (SSSR count). The van der Waals surface area contributed by atoms with E-state index >= 15 is 0 Å². The molecule has 17 heavy (non-hydrogen) atoms. The molecule has 0 radical (unpaired) electrons. The van der Waals surface area contributed by atoms with Crippen molar-refractivity contribution < 1.29 is 14.6 Å². The number of carbonyl (C=O) groups excluding carboxylic acids is 1. The summed E-state index contributed by atoms with van der Waals surface area (Å²) in [5.41, 5.74) is -0.629. The Kier molecular flexibility index (Phi) is 3.23. The van der Waals surface area contributed by atoms with Crippen molar-refractivity contribution in [2.45, 2.75) is 24.9 Å². The van der Waals surface area contributed by atoms with Crippen LogP contribution in [0, 0.1) is 0 Å². The second-order valence-electron chi connectivity index (χ2n) is 4.19. The molecule has 1 fully saturated rings. The Morgan fingerprint density at radius 3 is 3.00 bits per heavy atom. The summed E-state index contributed by atoms with van der Waals surface area (Å²) in [7, 11) is 1.28. The number of esters is 1. The van der Waals surface area contributed by atoms with Crippen LogP contribution < -0.4 is 5.32 Å². The highest BCUT2D eigenvalue weighted by Crippen LogP contribution is 2.31. The first kappa shape index (κ1) is 11.8. The Bertz CT molecular complexity index is 418. The molecule has 0 unspecified atom stereocenters. The smallest absolute Gasteiger partial charge is 0.376 e. The number of hydrogen-bond donors (Lipinski definition) is 2. The lowest BCUT2D eigenvalue weighted by molar-refractivity contribution is -0.0202. The fourth-order valence-corrected chi connectivity index (χ4v) is 1.66. The van der Waals surface area contributed by atoms with E-state index in [1.807, 2.05) is 0 Å². The van der Waals surface area contributed by atoms with Gasteiger partial charge in [0.2, 0.25) is 5.82 Å². The van der Waals surface area contributed by atoms with Crippen molar-refractivity contribution in [3.05, 3.63) is 18.1 Å². The standard InChI is InChI=1S/C11H15N3O3/c1-17-10(15)9-12-6-3-8(14-9)13-7-11(16)4-2-5-11/h3,6,16H,2,4-5,7H2,1H3,(H,12,13,14). The lowest BCUT2D eigenvalue weighted by Crippen LogP contribution is -2.43. The van der Waals surface area contributed by atoms with Crippen LogP contribution in [0.3, 0.4) is 0 Å². The summed E-state index contributed by atoms with van der Waals surface area (Å²) in [5.74, 6) is -0.0465. The van der Waals surface area contributed by atoms with Crippen LogP contribution in [0.15, 0.2) is 12.3 Å². The lowest BCUT2D eigenvalue weighted by Gasteiger charge is -2.36. The number of rotatable bonds is 4. The predicted molar refractivity (Wildman–Crippen MR) is 60.7 cm³/mol.